The molecule has 0 aromatic rings. The second-order valence-electron chi connectivity index (χ2n) is 3.30. The van der Waals surface area contributed by atoms with Crippen LogP contribution in [-0.4, -0.2) is 52.0 Å². The van der Waals surface area contributed by atoms with Crippen LogP contribution >= 0.6 is 0 Å². The van der Waals surface area contributed by atoms with E-state index in [4.69, 9.17) is 9.47 Å². The molecule has 2 N–H and O–H groups in total. The largest absolute Gasteiger partial charge is 0.382 e. The molecule has 0 radical (unpaired) electrons. The minimum Gasteiger partial charge on any atom is -0.382 e. The van der Waals surface area contributed by atoms with Gasteiger partial charge in [0.2, 0.25) is 5.91 Å². The normalized spacial score (nSPS) is 21.1. The molecule has 1 fully saturated rings. The first-order valence-electron chi connectivity index (χ1n) is 4.89. The van der Waals surface area contributed by atoms with Gasteiger partial charge in [0.1, 0.15) is 6.61 Å². The molecule has 1 amide bonds. The van der Waals surface area contributed by atoms with Crippen molar-refractivity contribution in [2.24, 2.45) is 0 Å². The first-order chi connectivity index (χ1) is 6.83. The minimum absolute atomic E-state index is 0.0465. The third kappa shape index (κ3) is 4.55. The van der Waals surface area contributed by atoms with Gasteiger partial charge in [0, 0.05) is 19.7 Å². The summed E-state index contributed by atoms with van der Waals surface area (Å²) in [6.45, 7) is 2.96. The summed E-state index contributed by atoms with van der Waals surface area (Å²) in [6.07, 6.45) is 1.00. The highest BCUT2D eigenvalue weighted by Crippen LogP contribution is 1.96. The molecule has 1 aliphatic rings. The topological polar surface area (TPSA) is 59.6 Å². The molecule has 0 bridgehead atoms. The van der Waals surface area contributed by atoms with Crippen LogP contribution < -0.4 is 10.6 Å². The predicted molar refractivity (Wildman–Crippen MR) is 52.1 cm³/mol. The number of nitrogens with one attached hydrogen (secondary N) is 2. The monoisotopic (exact) mass is 202 g/mol. The number of hydrogen-bond donors (Lipinski definition) is 2. The Morgan fingerprint density at radius 1 is 1.57 bits per heavy atom. The molecule has 0 spiro atoms. The summed E-state index contributed by atoms with van der Waals surface area (Å²) in [5, 5.41) is 6.07. The first-order valence-corrected chi connectivity index (χ1v) is 4.89. The van der Waals surface area contributed by atoms with Crippen molar-refractivity contribution in [2.45, 2.75) is 12.5 Å². The second kappa shape index (κ2) is 6.75. The summed E-state index contributed by atoms with van der Waals surface area (Å²) in [5.74, 6) is -0.0465. The molecule has 0 saturated carbocycles. The molecular weight excluding hydrogens is 184 g/mol. The van der Waals surface area contributed by atoms with Crippen molar-refractivity contribution in [1.82, 2.24) is 10.6 Å². The third-order valence-electron chi connectivity index (χ3n) is 2.09. The van der Waals surface area contributed by atoms with Gasteiger partial charge >= 0.3 is 0 Å². The van der Waals surface area contributed by atoms with E-state index in [1.807, 2.05) is 0 Å². The molecule has 1 rings (SSSR count). The summed E-state index contributed by atoms with van der Waals surface area (Å²) in [7, 11) is 1.60. The highest BCUT2D eigenvalue weighted by Gasteiger charge is 2.16. The van der Waals surface area contributed by atoms with Gasteiger partial charge < -0.3 is 20.1 Å². The Morgan fingerprint density at radius 2 is 2.43 bits per heavy atom. The Bertz CT molecular complexity index is 169. The summed E-state index contributed by atoms with van der Waals surface area (Å²) >= 11 is 0. The van der Waals surface area contributed by atoms with E-state index >= 15 is 0 Å². The van der Waals surface area contributed by atoms with E-state index in [9.17, 15) is 4.79 Å². The third-order valence-corrected chi connectivity index (χ3v) is 2.09. The Balaban J connectivity index is 1.98. The van der Waals surface area contributed by atoms with E-state index in [-0.39, 0.29) is 18.6 Å². The van der Waals surface area contributed by atoms with Gasteiger partial charge in [-0.25, -0.2) is 0 Å². The maximum Gasteiger partial charge on any atom is 0.246 e. The van der Waals surface area contributed by atoms with Crippen molar-refractivity contribution < 1.29 is 14.3 Å². The van der Waals surface area contributed by atoms with E-state index in [2.05, 4.69) is 10.6 Å². The van der Waals surface area contributed by atoms with E-state index < -0.39 is 0 Å². The van der Waals surface area contributed by atoms with E-state index in [0.717, 1.165) is 19.5 Å². The lowest BCUT2D eigenvalue weighted by molar-refractivity contribution is -0.126. The molecule has 82 valence electrons. The van der Waals surface area contributed by atoms with Gasteiger partial charge in [-0.3, -0.25) is 4.79 Å². The maximum atomic E-state index is 11.3. The minimum atomic E-state index is -0.0465. The number of carbonyl (C=O) groups excluding carboxylic acids is 1. The first kappa shape index (κ1) is 11.4. The molecule has 0 aromatic heterocycles. The van der Waals surface area contributed by atoms with Crippen LogP contribution in [0.2, 0.25) is 0 Å². The van der Waals surface area contributed by atoms with Crippen molar-refractivity contribution in [2.75, 3.05) is 40.0 Å². The maximum absolute atomic E-state index is 11.3. The van der Waals surface area contributed by atoms with Gasteiger partial charge in [0.25, 0.3) is 0 Å². The summed E-state index contributed by atoms with van der Waals surface area (Å²) in [4.78, 5) is 11.3. The second-order valence-corrected chi connectivity index (χ2v) is 3.30. The number of rotatable bonds is 6. The van der Waals surface area contributed by atoms with Gasteiger partial charge in [0.15, 0.2) is 0 Å². The summed E-state index contributed by atoms with van der Waals surface area (Å²) in [6, 6.07) is 0.272. The predicted octanol–water partition coefficient (Wildman–Crippen LogP) is -0.872. The van der Waals surface area contributed by atoms with Crippen molar-refractivity contribution >= 4 is 5.91 Å². The van der Waals surface area contributed by atoms with Crippen LogP contribution in [0.1, 0.15) is 6.42 Å². The SMILES string of the molecule is COCCOCC(=O)N[C@H]1CCNC1. The van der Waals surface area contributed by atoms with Crippen LogP contribution in [0.3, 0.4) is 0 Å². The van der Waals surface area contributed by atoms with Crippen LogP contribution in [0.5, 0.6) is 0 Å². The molecule has 1 atom stereocenters. The number of methoxy groups -OCH3 is 1. The molecule has 0 aromatic carbocycles. The molecule has 14 heavy (non-hydrogen) atoms. The lowest BCUT2D eigenvalue weighted by Gasteiger charge is -2.11. The summed E-state index contributed by atoms with van der Waals surface area (Å²) < 4.78 is 9.88. The lowest BCUT2D eigenvalue weighted by Crippen LogP contribution is -2.38. The van der Waals surface area contributed by atoms with Crippen LogP contribution in [0.4, 0.5) is 0 Å². The van der Waals surface area contributed by atoms with Crippen molar-refractivity contribution in [3.63, 3.8) is 0 Å². The van der Waals surface area contributed by atoms with E-state index in [1.54, 1.807) is 7.11 Å². The standard InChI is InChI=1S/C9H18N2O3/c1-13-4-5-14-7-9(12)11-8-2-3-10-6-8/h8,10H,2-7H2,1H3,(H,11,12)/t8-/m0/s1. The van der Waals surface area contributed by atoms with Crippen LogP contribution in [0.15, 0.2) is 0 Å². The van der Waals surface area contributed by atoms with Crippen molar-refractivity contribution in [3.8, 4) is 0 Å². The number of carbonyl (C=O) groups is 1. The number of ether oxygens (including phenoxy) is 2. The van der Waals surface area contributed by atoms with Gasteiger partial charge in [-0.1, -0.05) is 0 Å². The van der Waals surface area contributed by atoms with E-state index in [1.165, 1.54) is 0 Å². The molecule has 0 unspecified atom stereocenters. The highest BCUT2D eigenvalue weighted by molar-refractivity contribution is 5.77. The van der Waals surface area contributed by atoms with Crippen molar-refractivity contribution in [1.29, 1.82) is 0 Å². The van der Waals surface area contributed by atoms with Crippen LogP contribution in [0.25, 0.3) is 0 Å². The Labute approximate surface area is 84.1 Å². The van der Waals surface area contributed by atoms with E-state index in [0.29, 0.717) is 13.2 Å². The van der Waals surface area contributed by atoms with Crippen molar-refractivity contribution in [3.05, 3.63) is 0 Å². The zero-order chi connectivity index (χ0) is 10.2. The van der Waals surface area contributed by atoms with Crippen LogP contribution in [-0.2, 0) is 14.3 Å². The Kier molecular flexibility index (Phi) is 5.51. The molecule has 5 heteroatoms. The van der Waals surface area contributed by atoms with Gasteiger partial charge in [-0.05, 0) is 13.0 Å². The molecule has 0 aliphatic carbocycles. The van der Waals surface area contributed by atoms with Crippen LogP contribution in [0, 0.1) is 0 Å². The Hall–Kier alpha value is -0.650. The van der Waals surface area contributed by atoms with Gasteiger partial charge in [-0.2, -0.15) is 0 Å². The Morgan fingerprint density at radius 3 is 3.07 bits per heavy atom. The fourth-order valence-corrected chi connectivity index (χ4v) is 1.35. The lowest BCUT2D eigenvalue weighted by atomic mass is 10.2. The average molecular weight is 202 g/mol. The molecule has 1 aliphatic heterocycles. The van der Waals surface area contributed by atoms with Gasteiger partial charge in [0.05, 0.1) is 13.2 Å². The fourth-order valence-electron chi connectivity index (χ4n) is 1.35. The molecule has 1 heterocycles. The molecule has 5 nitrogen and oxygen atoms in total. The number of hydrogen-bond acceptors (Lipinski definition) is 4. The summed E-state index contributed by atoms with van der Waals surface area (Å²) in [5.41, 5.74) is 0. The smallest absolute Gasteiger partial charge is 0.246 e. The fraction of sp³-hybridized carbons (Fsp3) is 0.889. The zero-order valence-electron chi connectivity index (χ0n) is 8.54. The molecular formula is C9H18N2O3. The average Bonchev–Trinajstić information content (AvgIpc) is 2.65. The highest BCUT2D eigenvalue weighted by atomic mass is 16.5. The number of amides is 1. The van der Waals surface area contributed by atoms with Gasteiger partial charge in [-0.15, -0.1) is 0 Å². The molecule has 1 saturated heterocycles. The zero-order valence-corrected chi connectivity index (χ0v) is 8.54. The quantitative estimate of drug-likeness (QED) is 0.550.